The average molecular weight is 417 g/mol. The minimum Gasteiger partial charge on any atom is -0.375 e. The van der Waals surface area contributed by atoms with E-state index in [1.165, 1.54) is 11.8 Å². The Hall–Kier alpha value is -2.69. The molecule has 28 heavy (non-hydrogen) atoms. The Labute approximate surface area is 173 Å². The molecule has 0 atom stereocenters. The smallest absolute Gasteiger partial charge is 0.243 e. The van der Waals surface area contributed by atoms with Crippen LogP contribution in [-0.2, 0) is 9.59 Å². The number of halogens is 1. The number of nitrogens with one attached hydrogen (secondary N) is 3. The predicted octanol–water partition coefficient (Wildman–Crippen LogP) is 4.74. The van der Waals surface area contributed by atoms with E-state index in [0.717, 1.165) is 11.3 Å². The van der Waals surface area contributed by atoms with E-state index in [2.05, 4.69) is 22.0 Å². The summed E-state index contributed by atoms with van der Waals surface area (Å²) in [5.41, 5.74) is 1.82. The molecule has 2 aromatic carbocycles. The number of rotatable bonds is 9. The molecule has 146 valence electrons. The fraction of sp³-hybridized carbons (Fsp3) is 0.250. The van der Waals surface area contributed by atoms with Gasteiger partial charge in [-0.15, -0.1) is 11.8 Å². The van der Waals surface area contributed by atoms with Gasteiger partial charge in [0, 0.05) is 17.0 Å². The van der Waals surface area contributed by atoms with Crippen molar-refractivity contribution in [3.8, 4) is 6.07 Å². The maximum absolute atomic E-state index is 12.3. The van der Waals surface area contributed by atoms with Gasteiger partial charge in [-0.25, -0.2) is 0 Å². The monoisotopic (exact) mass is 416 g/mol. The molecular formula is C20H21ClN4O2S. The first-order chi connectivity index (χ1) is 13.5. The normalized spacial score (nSPS) is 10.0. The van der Waals surface area contributed by atoms with Crippen molar-refractivity contribution >= 4 is 52.2 Å². The largest absolute Gasteiger partial charge is 0.375 e. The molecule has 2 aromatic rings. The highest BCUT2D eigenvalue weighted by Gasteiger charge is 2.09. The third-order valence-electron chi connectivity index (χ3n) is 3.62. The van der Waals surface area contributed by atoms with Gasteiger partial charge < -0.3 is 16.0 Å². The lowest BCUT2D eigenvalue weighted by atomic mass is 10.2. The number of carbonyl (C=O) groups is 2. The Kier molecular flexibility index (Phi) is 8.66. The van der Waals surface area contributed by atoms with Crippen molar-refractivity contribution in [2.75, 3.05) is 28.2 Å². The summed E-state index contributed by atoms with van der Waals surface area (Å²) in [5.74, 6) is -0.0152. The summed E-state index contributed by atoms with van der Waals surface area (Å²) in [6.45, 7) is 1.94. The van der Waals surface area contributed by atoms with Gasteiger partial charge in [0.25, 0.3) is 0 Å². The van der Waals surface area contributed by atoms with Crippen LogP contribution in [-0.4, -0.2) is 24.1 Å². The summed E-state index contributed by atoms with van der Waals surface area (Å²) in [5, 5.41) is 17.8. The van der Waals surface area contributed by atoms with Crippen LogP contribution in [0.1, 0.15) is 19.8 Å². The molecule has 0 aliphatic carbocycles. The van der Waals surface area contributed by atoms with Crippen molar-refractivity contribution in [2.24, 2.45) is 0 Å². The van der Waals surface area contributed by atoms with Crippen LogP contribution >= 0.6 is 23.4 Å². The van der Waals surface area contributed by atoms with E-state index in [1.54, 1.807) is 24.3 Å². The van der Waals surface area contributed by atoms with Gasteiger partial charge in [-0.2, -0.15) is 5.26 Å². The van der Waals surface area contributed by atoms with Crippen LogP contribution in [0.2, 0.25) is 5.02 Å². The number of para-hydroxylation sites is 1. The number of nitrogens with zero attached hydrogens (tertiary/aromatic N) is 1. The topological polar surface area (TPSA) is 94.0 Å². The molecule has 0 radical (unpaired) electrons. The number of anilines is 3. The number of thioether (sulfide) groups is 1. The Bertz CT molecular complexity index is 883. The quantitative estimate of drug-likeness (QED) is 0.513. The molecular weight excluding hydrogens is 396 g/mol. The summed E-state index contributed by atoms with van der Waals surface area (Å²) in [6, 6.07) is 14.4. The van der Waals surface area contributed by atoms with Crippen LogP contribution in [0, 0.1) is 11.3 Å². The van der Waals surface area contributed by atoms with E-state index in [1.807, 2.05) is 25.1 Å². The first-order valence-corrected chi connectivity index (χ1v) is 10.1. The van der Waals surface area contributed by atoms with Crippen molar-refractivity contribution in [3.63, 3.8) is 0 Å². The van der Waals surface area contributed by atoms with Crippen LogP contribution in [0.3, 0.4) is 0 Å². The van der Waals surface area contributed by atoms with Crippen LogP contribution in [0.15, 0.2) is 47.4 Å². The second-order valence-electron chi connectivity index (χ2n) is 5.84. The van der Waals surface area contributed by atoms with Crippen LogP contribution in [0.5, 0.6) is 0 Å². The lowest BCUT2D eigenvalue weighted by Gasteiger charge is -2.13. The Balaban J connectivity index is 1.97. The average Bonchev–Trinajstić information content (AvgIpc) is 2.68. The van der Waals surface area contributed by atoms with E-state index in [9.17, 15) is 9.59 Å². The van der Waals surface area contributed by atoms with Crippen LogP contribution in [0.25, 0.3) is 0 Å². The fourth-order valence-corrected chi connectivity index (χ4v) is 3.22. The van der Waals surface area contributed by atoms with Crippen molar-refractivity contribution in [3.05, 3.63) is 47.5 Å². The molecule has 8 heteroatoms. The molecule has 0 spiro atoms. The molecule has 2 amide bonds. The number of benzene rings is 2. The van der Waals surface area contributed by atoms with E-state index in [-0.39, 0.29) is 18.4 Å². The maximum Gasteiger partial charge on any atom is 0.243 e. The molecule has 0 saturated carbocycles. The van der Waals surface area contributed by atoms with Gasteiger partial charge in [0.15, 0.2) is 0 Å². The fourth-order valence-electron chi connectivity index (χ4n) is 2.36. The Morgan fingerprint density at radius 1 is 1.11 bits per heavy atom. The molecule has 0 heterocycles. The number of hydrogen-bond donors (Lipinski definition) is 3. The minimum absolute atomic E-state index is 0.00330. The highest BCUT2D eigenvalue weighted by atomic mass is 35.5. The third-order valence-corrected chi connectivity index (χ3v) is 4.89. The highest BCUT2D eigenvalue weighted by Crippen LogP contribution is 2.27. The molecule has 0 aliphatic rings. The lowest BCUT2D eigenvalue weighted by molar-refractivity contribution is -0.116. The van der Waals surface area contributed by atoms with Crippen LogP contribution < -0.4 is 16.0 Å². The number of carbonyl (C=O) groups excluding carboxylic acids is 2. The maximum atomic E-state index is 12.3. The van der Waals surface area contributed by atoms with E-state index in [0.29, 0.717) is 34.3 Å². The first kappa shape index (κ1) is 21.6. The van der Waals surface area contributed by atoms with Gasteiger partial charge in [0.1, 0.15) is 0 Å². The minimum atomic E-state index is -0.249. The molecule has 0 aromatic heterocycles. The standard InChI is InChI=1S/C20H21ClN4O2S/c1-2-5-19(26)24-14-8-9-15(21)17(12-14)23-13-20(27)25-16-6-3-4-7-18(16)28-11-10-22/h3-4,6-9,12,23H,2,5,11,13H2,1H3,(H,24,26)(H,25,27). The van der Waals surface area contributed by atoms with Crippen molar-refractivity contribution in [1.29, 1.82) is 5.26 Å². The van der Waals surface area contributed by atoms with Gasteiger partial charge in [-0.1, -0.05) is 30.7 Å². The Morgan fingerprint density at radius 3 is 2.64 bits per heavy atom. The molecule has 0 fully saturated rings. The second-order valence-corrected chi connectivity index (χ2v) is 7.26. The zero-order valence-corrected chi connectivity index (χ0v) is 17.0. The van der Waals surface area contributed by atoms with Gasteiger partial charge in [0.05, 0.1) is 34.8 Å². The number of amides is 2. The summed E-state index contributed by atoms with van der Waals surface area (Å²) in [7, 11) is 0. The molecule has 0 bridgehead atoms. The van der Waals surface area contributed by atoms with E-state index >= 15 is 0 Å². The van der Waals surface area contributed by atoms with Crippen LogP contribution in [0.4, 0.5) is 17.1 Å². The van der Waals surface area contributed by atoms with E-state index < -0.39 is 0 Å². The SMILES string of the molecule is CCCC(=O)Nc1ccc(Cl)c(NCC(=O)Nc2ccccc2SCC#N)c1. The molecule has 3 N–H and O–H groups in total. The first-order valence-electron chi connectivity index (χ1n) is 8.75. The lowest BCUT2D eigenvalue weighted by Crippen LogP contribution is -2.22. The zero-order chi connectivity index (χ0) is 20.4. The summed E-state index contributed by atoms with van der Waals surface area (Å²) >= 11 is 7.54. The molecule has 2 rings (SSSR count). The van der Waals surface area contributed by atoms with Gasteiger partial charge in [0.2, 0.25) is 11.8 Å². The van der Waals surface area contributed by atoms with Crippen molar-refractivity contribution in [1.82, 2.24) is 0 Å². The third kappa shape index (κ3) is 6.80. The highest BCUT2D eigenvalue weighted by molar-refractivity contribution is 7.99. The van der Waals surface area contributed by atoms with E-state index in [4.69, 9.17) is 16.9 Å². The van der Waals surface area contributed by atoms with Crippen molar-refractivity contribution in [2.45, 2.75) is 24.7 Å². The summed E-state index contributed by atoms with van der Waals surface area (Å²) in [6.07, 6.45) is 1.20. The summed E-state index contributed by atoms with van der Waals surface area (Å²) in [4.78, 5) is 24.9. The number of nitriles is 1. The predicted molar refractivity (Wildman–Crippen MR) is 115 cm³/mol. The summed E-state index contributed by atoms with van der Waals surface area (Å²) < 4.78 is 0. The second kappa shape index (κ2) is 11.2. The molecule has 0 aliphatic heterocycles. The number of hydrogen-bond acceptors (Lipinski definition) is 5. The zero-order valence-electron chi connectivity index (χ0n) is 15.4. The molecule has 0 saturated heterocycles. The van der Waals surface area contributed by atoms with Gasteiger partial charge in [-0.05, 0) is 36.8 Å². The van der Waals surface area contributed by atoms with Crippen molar-refractivity contribution < 1.29 is 9.59 Å². The Morgan fingerprint density at radius 2 is 1.89 bits per heavy atom. The van der Waals surface area contributed by atoms with Gasteiger partial charge >= 0.3 is 0 Å². The molecule has 6 nitrogen and oxygen atoms in total. The molecule has 0 unspecified atom stereocenters. The van der Waals surface area contributed by atoms with Gasteiger partial charge in [-0.3, -0.25) is 9.59 Å².